The third-order valence-corrected chi connectivity index (χ3v) is 2.52. The molecule has 1 unspecified atom stereocenters. The van der Waals surface area contributed by atoms with E-state index >= 15 is 0 Å². The average Bonchev–Trinajstić information content (AvgIpc) is 2.29. The fourth-order valence-corrected chi connectivity index (χ4v) is 1.44. The van der Waals surface area contributed by atoms with Gasteiger partial charge < -0.3 is 15.3 Å². The number of rotatable bonds is 6. The first-order valence-electron chi connectivity index (χ1n) is 6.06. The lowest BCUT2D eigenvalue weighted by Crippen LogP contribution is -2.37. The molecule has 0 fully saturated rings. The molecule has 2 N–H and O–H groups in total. The Morgan fingerprint density at radius 1 is 1.50 bits per heavy atom. The van der Waals surface area contributed by atoms with E-state index in [2.05, 4.69) is 10.4 Å². The lowest BCUT2D eigenvalue weighted by molar-refractivity contribution is 0.142. The van der Waals surface area contributed by atoms with Crippen LogP contribution in [0.25, 0.3) is 0 Å². The summed E-state index contributed by atoms with van der Waals surface area (Å²) in [5.41, 5.74) is 0.552. The predicted octanol–water partition coefficient (Wildman–Crippen LogP) is -0.332. The molecule has 0 radical (unpaired) electrons. The molecule has 0 aliphatic carbocycles. The van der Waals surface area contributed by atoms with Gasteiger partial charge in [-0.1, -0.05) is 13.8 Å². The second kappa shape index (κ2) is 6.51. The second-order valence-electron chi connectivity index (χ2n) is 4.85. The van der Waals surface area contributed by atoms with Gasteiger partial charge in [0.2, 0.25) is 0 Å². The standard InChI is InChI=1S/C12H22N4O2/c1-9(2)13-7-11(17)8-16-12(18)5-10(6-14-16)15(3)4/h5-6,9,11,13,17H,7-8H2,1-4H3. The number of aliphatic hydroxyl groups excluding tert-OH is 1. The van der Waals surface area contributed by atoms with Crippen LogP contribution in [0.5, 0.6) is 0 Å². The molecule has 0 bridgehead atoms. The zero-order valence-electron chi connectivity index (χ0n) is 11.4. The molecule has 0 aromatic carbocycles. The molecule has 1 aromatic rings. The summed E-state index contributed by atoms with van der Waals surface area (Å²) in [6.45, 7) is 4.65. The Morgan fingerprint density at radius 3 is 2.67 bits per heavy atom. The van der Waals surface area contributed by atoms with Crippen molar-refractivity contribution in [2.45, 2.75) is 32.5 Å². The Labute approximate surface area is 107 Å². The van der Waals surface area contributed by atoms with Crippen LogP contribution in [-0.4, -0.2) is 47.7 Å². The molecule has 0 saturated heterocycles. The zero-order chi connectivity index (χ0) is 13.7. The predicted molar refractivity (Wildman–Crippen MR) is 72.0 cm³/mol. The summed E-state index contributed by atoms with van der Waals surface area (Å²) in [6, 6.07) is 1.82. The minimum Gasteiger partial charge on any atom is -0.390 e. The first-order chi connectivity index (χ1) is 8.40. The number of anilines is 1. The maximum Gasteiger partial charge on any atom is 0.268 e. The maximum absolute atomic E-state index is 11.8. The van der Waals surface area contributed by atoms with Gasteiger partial charge >= 0.3 is 0 Å². The summed E-state index contributed by atoms with van der Waals surface area (Å²) in [4.78, 5) is 13.6. The molecule has 1 atom stereocenters. The molecular weight excluding hydrogens is 232 g/mol. The maximum atomic E-state index is 11.8. The van der Waals surface area contributed by atoms with E-state index in [0.29, 0.717) is 12.6 Å². The third-order valence-electron chi connectivity index (χ3n) is 2.52. The summed E-state index contributed by atoms with van der Waals surface area (Å²) in [6.07, 6.45) is 0.993. The number of nitrogens with zero attached hydrogens (tertiary/aromatic N) is 3. The van der Waals surface area contributed by atoms with Crippen LogP contribution >= 0.6 is 0 Å². The monoisotopic (exact) mass is 254 g/mol. The van der Waals surface area contributed by atoms with E-state index in [1.54, 1.807) is 6.20 Å². The van der Waals surface area contributed by atoms with Gasteiger partial charge in [-0.15, -0.1) is 0 Å². The van der Waals surface area contributed by atoms with Gasteiger partial charge in [0.1, 0.15) is 0 Å². The highest BCUT2D eigenvalue weighted by molar-refractivity contribution is 5.40. The van der Waals surface area contributed by atoms with Crippen LogP contribution in [0.2, 0.25) is 0 Å². The van der Waals surface area contributed by atoms with Crippen LogP contribution in [0.4, 0.5) is 5.69 Å². The Hall–Kier alpha value is -1.40. The van der Waals surface area contributed by atoms with Crippen LogP contribution in [0.3, 0.4) is 0 Å². The summed E-state index contributed by atoms with van der Waals surface area (Å²) in [5.74, 6) is 0. The molecular formula is C12H22N4O2. The first kappa shape index (κ1) is 14.7. The highest BCUT2D eigenvalue weighted by Crippen LogP contribution is 2.03. The fourth-order valence-electron chi connectivity index (χ4n) is 1.44. The molecule has 1 heterocycles. The van der Waals surface area contributed by atoms with Crippen molar-refractivity contribution >= 4 is 5.69 Å². The summed E-state index contributed by atoms with van der Waals surface area (Å²) < 4.78 is 1.28. The van der Waals surface area contributed by atoms with Crippen LogP contribution in [-0.2, 0) is 6.54 Å². The normalized spacial score (nSPS) is 12.8. The molecule has 6 heteroatoms. The summed E-state index contributed by atoms with van der Waals surface area (Å²) in [7, 11) is 3.70. The van der Waals surface area contributed by atoms with Crippen molar-refractivity contribution in [1.82, 2.24) is 15.1 Å². The van der Waals surface area contributed by atoms with E-state index in [9.17, 15) is 9.90 Å². The number of hydrogen-bond acceptors (Lipinski definition) is 5. The lowest BCUT2D eigenvalue weighted by atomic mass is 10.3. The van der Waals surface area contributed by atoms with E-state index in [1.165, 1.54) is 10.7 Å². The van der Waals surface area contributed by atoms with Crippen molar-refractivity contribution in [1.29, 1.82) is 0 Å². The molecule has 0 amide bonds. The van der Waals surface area contributed by atoms with Gasteiger partial charge in [0.05, 0.1) is 24.5 Å². The quantitative estimate of drug-likeness (QED) is 0.727. The number of aromatic nitrogens is 2. The average molecular weight is 254 g/mol. The molecule has 6 nitrogen and oxygen atoms in total. The molecule has 0 aliphatic rings. The highest BCUT2D eigenvalue weighted by atomic mass is 16.3. The van der Waals surface area contributed by atoms with E-state index in [4.69, 9.17) is 0 Å². The molecule has 1 rings (SSSR count). The van der Waals surface area contributed by atoms with Crippen LogP contribution in [0.15, 0.2) is 17.1 Å². The number of aliphatic hydroxyl groups is 1. The molecule has 0 spiro atoms. The van der Waals surface area contributed by atoms with Crippen molar-refractivity contribution in [2.24, 2.45) is 0 Å². The van der Waals surface area contributed by atoms with Crippen LogP contribution in [0.1, 0.15) is 13.8 Å². The Kier molecular flexibility index (Phi) is 5.30. The minimum atomic E-state index is -0.622. The smallest absolute Gasteiger partial charge is 0.268 e. The van der Waals surface area contributed by atoms with Crippen molar-refractivity contribution in [2.75, 3.05) is 25.5 Å². The molecule has 1 aromatic heterocycles. The lowest BCUT2D eigenvalue weighted by Gasteiger charge is -2.16. The van der Waals surface area contributed by atoms with E-state index < -0.39 is 6.10 Å². The van der Waals surface area contributed by atoms with Gasteiger partial charge in [-0.25, -0.2) is 4.68 Å². The Bertz CT molecular complexity index is 428. The largest absolute Gasteiger partial charge is 0.390 e. The van der Waals surface area contributed by atoms with E-state index in [0.717, 1.165) is 5.69 Å². The number of hydrogen-bond donors (Lipinski definition) is 2. The van der Waals surface area contributed by atoms with Crippen molar-refractivity contribution in [3.8, 4) is 0 Å². The van der Waals surface area contributed by atoms with Crippen LogP contribution in [0, 0.1) is 0 Å². The van der Waals surface area contributed by atoms with Crippen LogP contribution < -0.4 is 15.8 Å². The van der Waals surface area contributed by atoms with Crippen molar-refractivity contribution < 1.29 is 5.11 Å². The van der Waals surface area contributed by atoms with Gasteiger partial charge in [-0.05, 0) is 0 Å². The Morgan fingerprint density at radius 2 is 2.17 bits per heavy atom. The Balaban J connectivity index is 2.65. The van der Waals surface area contributed by atoms with Gasteiger partial charge in [0.25, 0.3) is 5.56 Å². The van der Waals surface area contributed by atoms with E-state index in [-0.39, 0.29) is 12.1 Å². The van der Waals surface area contributed by atoms with Gasteiger partial charge in [0, 0.05) is 32.7 Å². The summed E-state index contributed by atoms with van der Waals surface area (Å²) >= 11 is 0. The van der Waals surface area contributed by atoms with Crippen molar-refractivity contribution in [3.05, 3.63) is 22.6 Å². The minimum absolute atomic E-state index is 0.201. The number of nitrogens with one attached hydrogen (secondary N) is 1. The molecule has 102 valence electrons. The van der Waals surface area contributed by atoms with Gasteiger partial charge in [-0.3, -0.25) is 4.79 Å². The topological polar surface area (TPSA) is 70.4 Å². The SMILES string of the molecule is CC(C)NCC(O)Cn1ncc(N(C)C)cc1=O. The third kappa shape index (κ3) is 4.46. The van der Waals surface area contributed by atoms with Crippen molar-refractivity contribution in [3.63, 3.8) is 0 Å². The highest BCUT2D eigenvalue weighted by Gasteiger charge is 2.08. The molecule has 0 aliphatic heterocycles. The fraction of sp³-hybridized carbons (Fsp3) is 0.667. The zero-order valence-corrected chi connectivity index (χ0v) is 11.4. The van der Waals surface area contributed by atoms with Gasteiger partial charge in [0.15, 0.2) is 0 Å². The molecule has 18 heavy (non-hydrogen) atoms. The molecule has 0 saturated carbocycles. The van der Waals surface area contributed by atoms with E-state index in [1.807, 2.05) is 32.8 Å². The first-order valence-corrected chi connectivity index (χ1v) is 6.06. The summed E-state index contributed by atoms with van der Waals surface area (Å²) in [5, 5.41) is 16.9. The second-order valence-corrected chi connectivity index (χ2v) is 4.85. The van der Waals surface area contributed by atoms with Gasteiger partial charge in [-0.2, -0.15) is 5.10 Å².